The molecule has 0 radical (unpaired) electrons. The molecule has 294 valence electrons. The Balaban J connectivity index is 1.02. The summed E-state index contributed by atoms with van der Waals surface area (Å²) >= 11 is 0. The molecule has 0 atom stereocenters. The van der Waals surface area contributed by atoms with E-state index in [0.29, 0.717) is 0 Å². The summed E-state index contributed by atoms with van der Waals surface area (Å²) in [7, 11) is 0. The molecule has 1 aliphatic carbocycles. The van der Waals surface area contributed by atoms with Gasteiger partial charge in [0.05, 0.1) is 0 Å². The van der Waals surface area contributed by atoms with Gasteiger partial charge in [0.2, 0.25) is 0 Å². The maximum atomic E-state index is 2.45. The molecule has 12 aromatic carbocycles. The van der Waals surface area contributed by atoms with Crippen molar-refractivity contribution in [3.8, 4) is 55.6 Å². The van der Waals surface area contributed by atoms with Gasteiger partial charge in [-0.3, -0.25) is 0 Å². The Morgan fingerprint density at radius 3 is 1.22 bits per heavy atom. The fourth-order valence-corrected chi connectivity index (χ4v) is 11.5. The van der Waals surface area contributed by atoms with Gasteiger partial charge in [-0.05, 0) is 150 Å². The number of hydrogen-bond acceptors (Lipinski definition) is 0. The van der Waals surface area contributed by atoms with Crippen LogP contribution in [0, 0.1) is 0 Å². The molecule has 0 heterocycles. The SMILES string of the molecule is CC1(C)c2cccc(-c3cccc(-c4c5ccccc5c(-c5cccc(-c6cc7ccccc7c7ccccc67)c5)c5ccccc45)c3)c2-c2c1c1ccccc1c1ccccc21. The van der Waals surface area contributed by atoms with Crippen molar-refractivity contribution in [3.63, 3.8) is 0 Å². The first-order valence-corrected chi connectivity index (χ1v) is 22.2. The molecular weight excluding hydrogens is 757 g/mol. The van der Waals surface area contributed by atoms with E-state index in [2.05, 4.69) is 232 Å². The smallest absolute Gasteiger partial charge is 0.0165 e. The Labute approximate surface area is 367 Å². The second kappa shape index (κ2) is 13.6. The van der Waals surface area contributed by atoms with E-state index in [9.17, 15) is 0 Å². The lowest BCUT2D eigenvalue weighted by Gasteiger charge is -2.24. The van der Waals surface area contributed by atoms with Gasteiger partial charge < -0.3 is 0 Å². The summed E-state index contributed by atoms with van der Waals surface area (Å²) in [5.74, 6) is 0. The van der Waals surface area contributed by atoms with Crippen LogP contribution in [0.1, 0.15) is 25.0 Å². The molecule has 1 aliphatic rings. The van der Waals surface area contributed by atoms with Crippen LogP contribution in [0.25, 0.3) is 120 Å². The molecule has 0 aromatic heterocycles. The van der Waals surface area contributed by atoms with E-state index in [1.165, 1.54) is 131 Å². The van der Waals surface area contributed by atoms with Crippen LogP contribution < -0.4 is 0 Å². The highest BCUT2D eigenvalue weighted by molar-refractivity contribution is 6.23. The fourth-order valence-electron chi connectivity index (χ4n) is 11.5. The summed E-state index contributed by atoms with van der Waals surface area (Å²) in [6, 6.07) is 81.6. The monoisotopic (exact) mass is 798 g/mol. The highest BCUT2D eigenvalue weighted by Gasteiger charge is 2.39. The zero-order chi connectivity index (χ0) is 41.8. The Morgan fingerprint density at radius 1 is 0.254 bits per heavy atom. The van der Waals surface area contributed by atoms with Gasteiger partial charge in [-0.15, -0.1) is 0 Å². The Hall–Kier alpha value is -7.80. The number of rotatable bonds is 4. The number of hydrogen-bond donors (Lipinski definition) is 0. The standard InChI is InChI=1S/C63H42/c1-63(2)57-35-17-34-45(60(57)61-50-28-9-7-25-47(50)48-26-8-14-33-55(48)62(61)63)39-19-15-21-42(36-39)58-51-29-10-12-31-53(51)59(54-32-13-11-30-52(54)58)43-22-16-20-40(37-43)56-38-41-18-3-4-23-44(41)46-24-5-6-27-49(46)56/h3-38H,1-2H3. The Morgan fingerprint density at radius 2 is 0.651 bits per heavy atom. The molecule has 0 spiro atoms. The van der Waals surface area contributed by atoms with E-state index >= 15 is 0 Å². The predicted molar refractivity (Wildman–Crippen MR) is 271 cm³/mol. The lowest BCUT2D eigenvalue weighted by molar-refractivity contribution is 0.666. The minimum Gasteiger partial charge on any atom is -0.0616 e. The summed E-state index contributed by atoms with van der Waals surface area (Å²) in [6.07, 6.45) is 0. The summed E-state index contributed by atoms with van der Waals surface area (Å²) in [6.45, 7) is 4.83. The first kappa shape index (κ1) is 35.9. The third-order valence-corrected chi connectivity index (χ3v) is 14.2. The van der Waals surface area contributed by atoms with Gasteiger partial charge in [0.1, 0.15) is 0 Å². The first-order chi connectivity index (χ1) is 31.0. The van der Waals surface area contributed by atoms with Crippen LogP contribution >= 0.6 is 0 Å². The van der Waals surface area contributed by atoms with Crippen molar-refractivity contribution in [2.45, 2.75) is 19.3 Å². The Kier molecular flexibility index (Phi) is 7.75. The minimum absolute atomic E-state index is 0.164. The molecule has 0 saturated carbocycles. The topological polar surface area (TPSA) is 0 Å². The van der Waals surface area contributed by atoms with E-state index in [1.807, 2.05) is 0 Å². The van der Waals surface area contributed by atoms with Crippen molar-refractivity contribution < 1.29 is 0 Å². The predicted octanol–water partition coefficient (Wildman–Crippen LogP) is 17.6. The molecule has 12 aromatic rings. The first-order valence-electron chi connectivity index (χ1n) is 22.2. The molecule has 0 unspecified atom stereocenters. The quantitative estimate of drug-likeness (QED) is 0.123. The van der Waals surface area contributed by atoms with Gasteiger partial charge >= 0.3 is 0 Å². The molecule has 0 heteroatoms. The molecule has 0 aliphatic heterocycles. The molecule has 0 fully saturated rings. The van der Waals surface area contributed by atoms with Crippen molar-refractivity contribution in [2.75, 3.05) is 0 Å². The number of fused-ring (bicyclic) bond motifs is 13. The van der Waals surface area contributed by atoms with Crippen LogP contribution in [0.15, 0.2) is 218 Å². The zero-order valence-electron chi connectivity index (χ0n) is 35.3. The molecule has 0 N–H and O–H groups in total. The highest BCUT2D eigenvalue weighted by Crippen LogP contribution is 2.57. The molecule has 13 rings (SSSR count). The largest absolute Gasteiger partial charge is 0.0616 e. The number of benzene rings is 12. The van der Waals surface area contributed by atoms with E-state index in [-0.39, 0.29) is 5.41 Å². The van der Waals surface area contributed by atoms with Gasteiger partial charge in [0, 0.05) is 5.41 Å². The van der Waals surface area contributed by atoms with E-state index in [1.54, 1.807) is 0 Å². The van der Waals surface area contributed by atoms with Gasteiger partial charge in [-0.2, -0.15) is 0 Å². The van der Waals surface area contributed by atoms with Gasteiger partial charge in [0.15, 0.2) is 0 Å². The lowest BCUT2D eigenvalue weighted by Crippen LogP contribution is -2.15. The maximum absolute atomic E-state index is 2.45. The Bertz CT molecular complexity index is 3820. The van der Waals surface area contributed by atoms with Crippen molar-refractivity contribution in [1.82, 2.24) is 0 Å². The summed E-state index contributed by atoms with van der Waals surface area (Å²) in [5, 5.41) is 15.4. The van der Waals surface area contributed by atoms with Crippen LogP contribution in [-0.2, 0) is 5.41 Å². The average molecular weight is 799 g/mol. The maximum Gasteiger partial charge on any atom is 0.0165 e. The van der Waals surface area contributed by atoms with Gasteiger partial charge in [0.25, 0.3) is 0 Å². The lowest BCUT2D eigenvalue weighted by atomic mass is 9.79. The van der Waals surface area contributed by atoms with Gasteiger partial charge in [-0.25, -0.2) is 0 Å². The summed E-state index contributed by atoms with van der Waals surface area (Å²) < 4.78 is 0. The molecule has 0 saturated heterocycles. The molecule has 0 nitrogen and oxygen atoms in total. The van der Waals surface area contributed by atoms with Crippen molar-refractivity contribution >= 4 is 64.6 Å². The molecule has 0 bridgehead atoms. The van der Waals surface area contributed by atoms with Crippen molar-refractivity contribution in [2.24, 2.45) is 0 Å². The molecule has 0 amide bonds. The van der Waals surface area contributed by atoms with Crippen molar-refractivity contribution in [3.05, 3.63) is 230 Å². The highest BCUT2D eigenvalue weighted by atomic mass is 14.4. The second-order valence-electron chi connectivity index (χ2n) is 17.9. The van der Waals surface area contributed by atoms with Crippen LogP contribution in [0.2, 0.25) is 0 Å². The normalized spacial score (nSPS) is 13.0. The van der Waals surface area contributed by atoms with E-state index < -0.39 is 0 Å². The zero-order valence-corrected chi connectivity index (χ0v) is 35.3. The molecular formula is C63H42. The summed E-state index contributed by atoms with van der Waals surface area (Å²) in [4.78, 5) is 0. The average Bonchev–Trinajstić information content (AvgIpc) is 3.59. The third-order valence-electron chi connectivity index (χ3n) is 14.2. The van der Waals surface area contributed by atoms with E-state index in [4.69, 9.17) is 0 Å². The minimum atomic E-state index is -0.164. The van der Waals surface area contributed by atoms with Crippen LogP contribution in [0.3, 0.4) is 0 Å². The third kappa shape index (κ3) is 5.22. The van der Waals surface area contributed by atoms with Crippen molar-refractivity contribution in [1.29, 1.82) is 0 Å². The fraction of sp³-hybridized carbons (Fsp3) is 0.0476. The van der Waals surface area contributed by atoms with Crippen LogP contribution in [-0.4, -0.2) is 0 Å². The van der Waals surface area contributed by atoms with Crippen LogP contribution in [0.5, 0.6) is 0 Å². The molecule has 63 heavy (non-hydrogen) atoms. The van der Waals surface area contributed by atoms with E-state index in [0.717, 1.165) is 0 Å². The summed E-state index contributed by atoms with van der Waals surface area (Å²) in [5.41, 5.74) is 15.4. The van der Waals surface area contributed by atoms with Crippen LogP contribution in [0.4, 0.5) is 0 Å². The van der Waals surface area contributed by atoms with Gasteiger partial charge in [-0.1, -0.05) is 214 Å². The second-order valence-corrected chi connectivity index (χ2v) is 17.9.